The molecule has 3 fully saturated rings. The van der Waals surface area contributed by atoms with Crippen LogP contribution in [0.1, 0.15) is 65.2 Å². The van der Waals surface area contributed by atoms with Crippen molar-refractivity contribution in [2.24, 2.45) is 11.8 Å². The summed E-state index contributed by atoms with van der Waals surface area (Å²) in [6.07, 6.45) is 11.6. The Kier molecular flexibility index (Phi) is 4.48. The largest absolute Gasteiger partial charge is 0.314 e. The summed E-state index contributed by atoms with van der Waals surface area (Å²) in [5.74, 6) is 1.76. The average molecular weight is 264 g/mol. The van der Waals surface area contributed by atoms with Crippen molar-refractivity contribution < 1.29 is 0 Å². The Balaban J connectivity index is 1.54. The van der Waals surface area contributed by atoms with Gasteiger partial charge in [-0.25, -0.2) is 0 Å². The van der Waals surface area contributed by atoms with Crippen molar-refractivity contribution in [1.29, 1.82) is 0 Å². The second kappa shape index (κ2) is 6.13. The molecule has 0 heterocycles. The summed E-state index contributed by atoms with van der Waals surface area (Å²) >= 11 is 0. The van der Waals surface area contributed by atoms with E-state index in [2.05, 4.69) is 24.1 Å². The molecule has 3 aliphatic rings. The first-order valence-electron chi connectivity index (χ1n) is 8.73. The van der Waals surface area contributed by atoms with Crippen LogP contribution in [0.5, 0.6) is 0 Å². The van der Waals surface area contributed by atoms with Crippen LogP contribution in [0.2, 0.25) is 0 Å². The monoisotopic (exact) mass is 264 g/mol. The first-order chi connectivity index (χ1) is 9.24. The molecular formula is C17H32N2. The Morgan fingerprint density at radius 3 is 2.26 bits per heavy atom. The molecule has 3 rings (SSSR count). The Bertz CT molecular complexity index is 279. The third-order valence-electron chi connectivity index (χ3n) is 5.42. The third kappa shape index (κ3) is 3.52. The van der Waals surface area contributed by atoms with Crippen molar-refractivity contribution >= 4 is 0 Å². The molecule has 2 heteroatoms. The lowest BCUT2D eigenvalue weighted by Gasteiger charge is -2.48. The summed E-state index contributed by atoms with van der Waals surface area (Å²) in [6, 6.07) is 2.69. The summed E-state index contributed by atoms with van der Waals surface area (Å²) in [7, 11) is 0. The summed E-state index contributed by atoms with van der Waals surface area (Å²) in [4.78, 5) is 2.92. The van der Waals surface area contributed by atoms with Gasteiger partial charge in [0.05, 0.1) is 0 Å². The normalized spacial score (nSPS) is 32.2. The van der Waals surface area contributed by atoms with Crippen LogP contribution >= 0.6 is 0 Å². The fraction of sp³-hybridized carbons (Fsp3) is 1.00. The highest BCUT2D eigenvalue weighted by molar-refractivity contribution is 4.95. The van der Waals surface area contributed by atoms with Gasteiger partial charge < -0.3 is 5.32 Å². The van der Waals surface area contributed by atoms with Crippen LogP contribution in [0.25, 0.3) is 0 Å². The molecule has 2 atom stereocenters. The van der Waals surface area contributed by atoms with Crippen molar-refractivity contribution in [2.75, 3.05) is 13.1 Å². The zero-order valence-corrected chi connectivity index (χ0v) is 12.9. The second-order valence-corrected chi connectivity index (χ2v) is 7.62. The fourth-order valence-electron chi connectivity index (χ4n) is 4.04. The van der Waals surface area contributed by atoms with Gasteiger partial charge in [0.25, 0.3) is 0 Å². The Morgan fingerprint density at radius 1 is 1.00 bits per heavy atom. The van der Waals surface area contributed by atoms with E-state index < -0.39 is 0 Å². The Hall–Kier alpha value is -0.0800. The zero-order valence-electron chi connectivity index (χ0n) is 12.9. The zero-order chi connectivity index (χ0) is 13.2. The smallest absolute Gasteiger partial charge is 0.0139 e. The number of hydrogen-bond donors (Lipinski definition) is 1. The number of nitrogens with zero attached hydrogens (tertiary/aromatic N) is 1. The molecule has 0 amide bonds. The van der Waals surface area contributed by atoms with Crippen molar-refractivity contribution in [2.45, 2.75) is 83.3 Å². The molecule has 2 nitrogen and oxygen atoms in total. The van der Waals surface area contributed by atoms with E-state index in [0.29, 0.717) is 0 Å². The summed E-state index contributed by atoms with van der Waals surface area (Å²) in [5, 5.41) is 3.76. The first kappa shape index (κ1) is 13.9. The lowest BCUT2D eigenvalue weighted by Crippen LogP contribution is -2.54. The van der Waals surface area contributed by atoms with Gasteiger partial charge in [0.15, 0.2) is 0 Å². The molecule has 0 bridgehead atoms. The molecule has 3 saturated carbocycles. The van der Waals surface area contributed by atoms with E-state index in [4.69, 9.17) is 0 Å². The minimum absolute atomic E-state index is 0.818. The van der Waals surface area contributed by atoms with E-state index >= 15 is 0 Å². The molecule has 0 aromatic heterocycles. The predicted octanol–water partition coefficient (Wildman–Crippen LogP) is 3.42. The maximum Gasteiger partial charge on any atom is 0.0139 e. The molecule has 0 aromatic carbocycles. The molecule has 110 valence electrons. The van der Waals surface area contributed by atoms with E-state index in [1.807, 2.05) is 0 Å². The van der Waals surface area contributed by atoms with Gasteiger partial charge in [-0.15, -0.1) is 0 Å². The van der Waals surface area contributed by atoms with Crippen LogP contribution in [-0.2, 0) is 0 Å². The summed E-state index contributed by atoms with van der Waals surface area (Å²) in [6.45, 7) is 7.39. The molecule has 0 radical (unpaired) electrons. The maximum absolute atomic E-state index is 3.76. The Morgan fingerprint density at radius 2 is 1.74 bits per heavy atom. The van der Waals surface area contributed by atoms with E-state index in [0.717, 1.165) is 30.0 Å². The SMILES string of the molecule is CC(C)CN(C1CCCC1)C1CCC1CNC1CC1. The lowest BCUT2D eigenvalue weighted by atomic mass is 9.77. The van der Waals surface area contributed by atoms with Gasteiger partial charge in [0.2, 0.25) is 0 Å². The van der Waals surface area contributed by atoms with Crippen molar-refractivity contribution in [3.63, 3.8) is 0 Å². The maximum atomic E-state index is 3.76. The summed E-state index contributed by atoms with van der Waals surface area (Å²) < 4.78 is 0. The molecule has 0 aromatic rings. The van der Waals surface area contributed by atoms with Crippen LogP contribution in [-0.4, -0.2) is 36.1 Å². The minimum atomic E-state index is 0.818. The van der Waals surface area contributed by atoms with E-state index in [9.17, 15) is 0 Å². The highest BCUT2D eigenvalue weighted by Crippen LogP contribution is 2.37. The van der Waals surface area contributed by atoms with E-state index in [-0.39, 0.29) is 0 Å². The van der Waals surface area contributed by atoms with Crippen LogP contribution in [0.15, 0.2) is 0 Å². The first-order valence-corrected chi connectivity index (χ1v) is 8.73. The second-order valence-electron chi connectivity index (χ2n) is 7.62. The van der Waals surface area contributed by atoms with Gasteiger partial charge in [-0.05, 0) is 56.9 Å². The van der Waals surface area contributed by atoms with Crippen molar-refractivity contribution in [3.05, 3.63) is 0 Å². The third-order valence-corrected chi connectivity index (χ3v) is 5.42. The number of rotatable bonds is 7. The molecule has 19 heavy (non-hydrogen) atoms. The minimum Gasteiger partial charge on any atom is -0.314 e. The van der Waals surface area contributed by atoms with Crippen molar-refractivity contribution in [1.82, 2.24) is 10.2 Å². The summed E-state index contributed by atoms with van der Waals surface area (Å²) in [5.41, 5.74) is 0. The molecule has 0 spiro atoms. The number of hydrogen-bond acceptors (Lipinski definition) is 2. The van der Waals surface area contributed by atoms with E-state index in [1.165, 1.54) is 64.5 Å². The van der Waals surface area contributed by atoms with Crippen LogP contribution < -0.4 is 5.32 Å². The van der Waals surface area contributed by atoms with Gasteiger partial charge in [0.1, 0.15) is 0 Å². The molecule has 3 aliphatic carbocycles. The lowest BCUT2D eigenvalue weighted by molar-refractivity contribution is 0.0198. The van der Waals surface area contributed by atoms with Crippen LogP contribution in [0.4, 0.5) is 0 Å². The van der Waals surface area contributed by atoms with E-state index in [1.54, 1.807) is 0 Å². The highest BCUT2D eigenvalue weighted by Gasteiger charge is 2.39. The standard InChI is InChI=1S/C17H32N2/c1-13(2)12-19(16-5-3-4-6-16)17-10-7-14(17)11-18-15-8-9-15/h13-18H,3-12H2,1-2H3. The fourth-order valence-corrected chi connectivity index (χ4v) is 4.04. The average Bonchev–Trinajstić information content (AvgIpc) is 2.99. The Labute approximate surface area is 119 Å². The predicted molar refractivity (Wildman–Crippen MR) is 81.3 cm³/mol. The van der Waals surface area contributed by atoms with Gasteiger partial charge in [-0.1, -0.05) is 26.7 Å². The van der Waals surface area contributed by atoms with Crippen LogP contribution in [0, 0.1) is 11.8 Å². The highest BCUT2D eigenvalue weighted by atomic mass is 15.2. The van der Waals surface area contributed by atoms with Gasteiger partial charge >= 0.3 is 0 Å². The van der Waals surface area contributed by atoms with Gasteiger partial charge in [0, 0.05) is 24.7 Å². The van der Waals surface area contributed by atoms with Gasteiger partial charge in [-0.3, -0.25) is 4.90 Å². The van der Waals surface area contributed by atoms with Crippen LogP contribution in [0.3, 0.4) is 0 Å². The van der Waals surface area contributed by atoms with Crippen molar-refractivity contribution in [3.8, 4) is 0 Å². The molecule has 0 aliphatic heterocycles. The molecular weight excluding hydrogens is 232 g/mol. The quantitative estimate of drug-likeness (QED) is 0.758. The van der Waals surface area contributed by atoms with Gasteiger partial charge in [-0.2, -0.15) is 0 Å². The molecule has 2 unspecified atom stereocenters. The number of nitrogens with one attached hydrogen (secondary N) is 1. The topological polar surface area (TPSA) is 15.3 Å². The molecule has 0 saturated heterocycles. The molecule has 1 N–H and O–H groups in total.